The van der Waals surface area contributed by atoms with Crippen LogP contribution in [0.2, 0.25) is 0 Å². The van der Waals surface area contributed by atoms with Gasteiger partial charge in [-0.1, -0.05) is 42.8 Å². The van der Waals surface area contributed by atoms with Crippen molar-refractivity contribution < 1.29 is 43.1 Å². The fourth-order valence-corrected chi connectivity index (χ4v) is 6.56. The molecule has 5 rings (SSSR count). The van der Waals surface area contributed by atoms with Gasteiger partial charge in [-0.05, 0) is 66.6 Å². The van der Waals surface area contributed by atoms with Crippen molar-refractivity contribution in [2.24, 2.45) is 0 Å². The molecule has 0 amide bonds. The van der Waals surface area contributed by atoms with Crippen LogP contribution in [0.4, 0.5) is 0 Å². The Morgan fingerprint density at radius 3 is 1.68 bits per heavy atom. The van der Waals surface area contributed by atoms with Crippen LogP contribution >= 0.6 is 0 Å². The number of aldehydes is 1. The molecule has 4 aromatic carbocycles. The van der Waals surface area contributed by atoms with Gasteiger partial charge in [0.05, 0.1) is 39.6 Å². The van der Waals surface area contributed by atoms with Crippen LogP contribution in [-0.4, -0.2) is 63.3 Å². The molecule has 0 saturated carbocycles. The number of likely N-dealkylation sites (tertiary alicyclic amines) is 1. The van der Waals surface area contributed by atoms with Gasteiger partial charge in [-0.2, -0.15) is 0 Å². The Morgan fingerprint density at radius 1 is 0.760 bits per heavy atom. The number of methoxy groups -OCH3 is 4. The minimum atomic E-state index is -0.806. The number of carbonyl (C=O) groups is 2. The highest BCUT2D eigenvalue weighted by Crippen LogP contribution is 2.38. The first kappa shape index (κ1) is 36.1. The summed E-state index contributed by atoms with van der Waals surface area (Å²) in [6.07, 6.45) is 3.19. The summed E-state index contributed by atoms with van der Waals surface area (Å²) in [4.78, 5) is 25.4. The first-order valence-corrected chi connectivity index (χ1v) is 16.6. The summed E-state index contributed by atoms with van der Waals surface area (Å²) in [5, 5.41) is 9.77. The van der Waals surface area contributed by atoms with E-state index in [4.69, 9.17) is 28.4 Å². The van der Waals surface area contributed by atoms with E-state index in [2.05, 4.69) is 32.0 Å². The van der Waals surface area contributed by atoms with E-state index in [1.54, 1.807) is 26.4 Å². The van der Waals surface area contributed by atoms with E-state index >= 15 is 0 Å². The molecule has 0 radical (unpaired) electrons. The average molecular weight is 684 g/mol. The molecule has 50 heavy (non-hydrogen) atoms. The molecule has 1 aliphatic rings. The zero-order valence-corrected chi connectivity index (χ0v) is 29.5. The highest BCUT2D eigenvalue weighted by atomic mass is 16.5. The molecule has 264 valence electrons. The Labute approximate surface area is 293 Å². The number of rotatable bonds is 15. The smallest absolute Gasteiger partial charge is 0.320 e. The number of hydrogen-bond donors (Lipinski definition) is 1. The minimum absolute atomic E-state index is 0.308. The lowest BCUT2D eigenvalue weighted by Crippen LogP contribution is -2.44. The second-order valence-corrected chi connectivity index (χ2v) is 12.2. The van der Waals surface area contributed by atoms with Gasteiger partial charge in [-0.3, -0.25) is 14.5 Å². The topological polar surface area (TPSA) is 113 Å². The molecule has 0 unspecified atom stereocenters. The second kappa shape index (κ2) is 16.5. The lowest BCUT2D eigenvalue weighted by atomic mass is 9.92. The highest BCUT2D eigenvalue weighted by Gasteiger charge is 2.30. The SMILES string of the molecule is COc1cc(OCc2cccc(-c3cccc(COc4cc(OC)c(CN5CCCC[C@H]5C(=O)O)c(OC)c4)c3C)c2C)cc(OC)c1C=O. The summed E-state index contributed by atoms with van der Waals surface area (Å²) < 4.78 is 34.7. The number of nitrogens with zero attached hydrogens (tertiary/aromatic N) is 1. The predicted molar refractivity (Wildman–Crippen MR) is 190 cm³/mol. The summed E-state index contributed by atoms with van der Waals surface area (Å²) in [6, 6.07) is 18.8. The predicted octanol–water partition coefficient (Wildman–Crippen LogP) is 7.41. The largest absolute Gasteiger partial charge is 0.496 e. The molecular weight excluding hydrogens is 638 g/mol. The van der Waals surface area contributed by atoms with Gasteiger partial charge in [-0.15, -0.1) is 0 Å². The minimum Gasteiger partial charge on any atom is -0.496 e. The van der Waals surface area contributed by atoms with Crippen LogP contribution < -0.4 is 28.4 Å². The van der Waals surface area contributed by atoms with Crippen LogP contribution in [0.15, 0.2) is 60.7 Å². The Bertz CT molecular complexity index is 1790. The number of carbonyl (C=O) groups excluding carboxylic acids is 1. The summed E-state index contributed by atoms with van der Waals surface area (Å²) in [5.74, 6) is 2.26. The number of benzene rings is 4. The van der Waals surface area contributed by atoms with E-state index in [-0.39, 0.29) is 0 Å². The normalized spacial score (nSPS) is 14.5. The van der Waals surface area contributed by atoms with Crippen molar-refractivity contribution in [3.05, 3.63) is 94.0 Å². The van der Waals surface area contributed by atoms with Crippen LogP contribution in [0.25, 0.3) is 11.1 Å². The van der Waals surface area contributed by atoms with E-state index in [0.717, 1.165) is 51.8 Å². The summed E-state index contributed by atoms with van der Waals surface area (Å²) in [6.45, 7) is 5.90. The van der Waals surface area contributed by atoms with E-state index in [1.807, 2.05) is 35.2 Å². The zero-order valence-electron chi connectivity index (χ0n) is 29.5. The van der Waals surface area contributed by atoms with Crippen molar-refractivity contribution >= 4 is 12.3 Å². The molecule has 1 saturated heterocycles. The first-order valence-electron chi connectivity index (χ1n) is 16.6. The molecule has 0 aromatic heterocycles. The molecule has 1 aliphatic heterocycles. The maximum Gasteiger partial charge on any atom is 0.320 e. The summed E-state index contributed by atoms with van der Waals surface area (Å²) in [5.41, 5.74) is 7.51. The van der Waals surface area contributed by atoms with Crippen molar-refractivity contribution in [2.45, 2.75) is 58.9 Å². The third-order valence-corrected chi connectivity index (χ3v) is 9.45. The summed E-state index contributed by atoms with van der Waals surface area (Å²) in [7, 11) is 6.19. The van der Waals surface area contributed by atoms with Crippen molar-refractivity contribution in [2.75, 3.05) is 35.0 Å². The van der Waals surface area contributed by atoms with Gasteiger partial charge in [0.15, 0.2) is 6.29 Å². The van der Waals surface area contributed by atoms with Crippen molar-refractivity contribution in [1.82, 2.24) is 4.90 Å². The lowest BCUT2D eigenvalue weighted by Gasteiger charge is -2.33. The van der Waals surface area contributed by atoms with Gasteiger partial charge < -0.3 is 33.5 Å². The monoisotopic (exact) mass is 683 g/mol. The van der Waals surface area contributed by atoms with Crippen molar-refractivity contribution in [3.8, 4) is 45.6 Å². The van der Waals surface area contributed by atoms with E-state index in [9.17, 15) is 14.7 Å². The number of piperidine rings is 1. The Balaban J connectivity index is 1.34. The quantitative estimate of drug-likeness (QED) is 0.127. The number of aliphatic carboxylic acids is 1. The van der Waals surface area contributed by atoms with Crippen molar-refractivity contribution in [3.63, 3.8) is 0 Å². The standard InChI is InChI=1S/C40H45NO9/c1-25-27(23-49-29-17-36(45-3)33(37(18-29)46-4)21-41-16-8-7-15-35(41)40(43)44)11-9-13-31(25)32-14-10-12-28(26(32)2)24-50-30-19-38(47-5)34(22-42)39(20-30)48-6/h9-14,17-20,22,35H,7-8,15-16,21,23-24H2,1-6H3,(H,43,44)/t35-/m0/s1. The number of hydrogen-bond acceptors (Lipinski definition) is 9. The molecule has 0 bridgehead atoms. The maximum atomic E-state index is 11.9. The van der Waals surface area contributed by atoms with Gasteiger partial charge >= 0.3 is 5.97 Å². The van der Waals surface area contributed by atoms with Gasteiger partial charge in [0.2, 0.25) is 0 Å². The Kier molecular flexibility index (Phi) is 11.9. The van der Waals surface area contributed by atoms with Gasteiger partial charge in [-0.25, -0.2) is 0 Å². The molecule has 1 atom stereocenters. The van der Waals surface area contributed by atoms with Gasteiger partial charge in [0.1, 0.15) is 53.8 Å². The second-order valence-electron chi connectivity index (χ2n) is 12.2. The summed E-state index contributed by atoms with van der Waals surface area (Å²) >= 11 is 0. The van der Waals surface area contributed by atoms with Gasteiger partial charge in [0, 0.05) is 30.8 Å². The number of carboxylic acid groups (broad SMARTS) is 1. The molecule has 1 heterocycles. The molecule has 1 N–H and O–H groups in total. The molecule has 0 spiro atoms. The third-order valence-electron chi connectivity index (χ3n) is 9.45. The van der Waals surface area contributed by atoms with E-state index < -0.39 is 12.0 Å². The van der Waals surface area contributed by atoms with Crippen molar-refractivity contribution in [1.29, 1.82) is 0 Å². The van der Waals surface area contributed by atoms with Crippen LogP contribution in [0.5, 0.6) is 34.5 Å². The van der Waals surface area contributed by atoms with Crippen LogP contribution in [-0.2, 0) is 24.6 Å². The molecule has 4 aromatic rings. The highest BCUT2D eigenvalue weighted by molar-refractivity contribution is 5.84. The van der Waals surface area contributed by atoms with E-state index in [1.165, 1.54) is 14.2 Å². The Morgan fingerprint density at radius 2 is 1.24 bits per heavy atom. The molecule has 1 fully saturated rings. The zero-order chi connectivity index (χ0) is 35.8. The number of ether oxygens (including phenoxy) is 6. The maximum absolute atomic E-state index is 11.9. The third kappa shape index (κ3) is 7.81. The fourth-order valence-electron chi connectivity index (χ4n) is 6.56. The van der Waals surface area contributed by atoms with Crippen LogP contribution in [0.3, 0.4) is 0 Å². The Hall–Kier alpha value is -5.22. The van der Waals surface area contributed by atoms with E-state index in [0.29, 0.717) is 79.1 Å². The average Bonchev–Trinajstić information content (AvgIpc) is 3.13. The fraction of sp³-hybridized carbons (Fsp3) is 0.350. The van der Waals surface area contributed by atoms with Gasteiger partial charge in [0.25, 0.3) is 0 Å². The molecular formula is C40H45NO9. The molecule has 0 aliphatic carbocycles. The van der Waals surface area contributed by atoms with Crippen LogP contribution in [0.1, 0.15) is 57.4 Å². The number of carboxylic acids is 1. The molecule has 10 nitrogen and oxygen atoms in total. The van der Waals surface area contributed by atoms with Crippen LogP contribution in [0, 0.1) is 13.8 Å². The molecule has 10 heteroatoms. The first-order chi connectivity index (χ1) is 24.2. The lowest BCUT2D eigenvalue weighted by molar-refractivity contribution is -0.144.